The maximum absolute atomic E-state index is 12.8. The number of para-hydroxylation sites is 2. The SMILES string of the molecule is CC(C)(C)OC(=O)Nc1cc2ccccc2nc1-c1ccccc1-n1nccc1CO[Si](C)(C)C(C)(C)C. The molecule has 0 radical (unpaired) electrons. The lowest BCUT2D eigenvalue weighted by Gasteiger charge is -2.36. The molecule has 0 bridgehead atoms. The fraction of sp³-hybridized carbons (Fsp3) is 0.367. The minimum Gasteiger partial charge on any atom is -0.444 e. The van der Waals surface area contributed by atoms with Gasteiger partial charge in [-0.3, -0.25) is 5.32 Å². The summed E-state index contributed by atoms with van der Waals surface area (Å²) in [5.41, 5.74) is 4.04. The van der Waals surface area contributed by atoms with Gasteiger partial charge in [-0.1, -0.05) is 57.2 Å². The molecule has 0 spiro atoms. The summed E-state index contributed by atoms with van der Waals surface area (Å²) in [6.07, 6.45) is 1.25. The van der Waals surface area contributed by atoms with Gasteiger partial charge in [0.2, 0.25) is 0 Å². The normalized spacial score (nSPS) is 12.5. The van der Waals surface area contributed by atoms with Crippen molar-refractivity contribution in [1.29, 1.82) is 0 Å². The summed E-state index contributed by atoms with van der Waals surface area (Å²) in [7, 11) is -1.95. The molecular weight excluding hydrogens is 492 g/mol. The van der Waals surface area contributed by atoms with E-state index in [2.05, 4.69) is 44.3 Å². The maximum atomic E-state index is 12.8. The van der Waals surface area contributed by atoms with Crippen LogP contribution < -0.4 is 5.32 Å². The maximum Gasteiger partial charge on any atom is 0.412 e. The summed E-state index contributed by atoms with van der Waals surface area (Å²) in [4.78, 5) is 17.8. The lowest BCUT2D eigenvalue weighted by Crippen LogP contribution is -2.40. The van der Waals surface area contributed by atoms with E-state index < -0.39 is 20.0 Å². The number of ether oxygens (including phenoxy) is 1. The van der Waals surface area contributed by atoms with Gasteiger partial charge in [0, 0.05) is 17.1 Å². The van der Waals surface area contributed by atoms with E-state index in [0.29, 0.717) is 18.0 Å². The van der Waals surface area contributed by atoms with Crippen LogP contribution in [-0.4, -0.2) is 34.8 Å². The molecule has 7 nitrogen and oxygen atoms in total. The quantitative estimate of drug-likeness (QED) is 0.256. The van der Waals surface area contributed by atoms with Crippen molar-refractivity contribution in [3.8, 4) is 16.9 Å². The molecular formula is C30H38N4O3Si. The van der Waals surface area contributed by atoms with E-state index in [0.717, 1.165) is 27.8 Å². The van der Waals surface area contributed by atoms with Crippen LogP contribution in [0.2, 0.25) is 18.1 Å². The number of nitrogens with zero attached hydrogens (tertiary/aromatic N) is 3. The second-order valence-electron chi connectivity index (χ2n) is 12.0. The Balaban J connectivity index is 1.78. The van der Waals surface area contributed by atoms with Crippen LogP contribution >= 0.6 is 0 Å². The summed E-state index contributed by atoms with van der Waals surface area (Å²) in [5.74, 6) is 0. The molecule has 0 saturated heterocycles. The zero-order valence-electron chi connectivity index (χ0n) is 23.6. The molecule has 2 heterocycles. The number of aromatic nitrogens is 3. The minimum atomic E-state index is -1.95. The summed E-state index contributed by atoms with van der Waals surface area (Å²) < 4.78 is 14.0. The lowest BCUT2D eigenvalue weighted by molar-refractivity contribution is 0.0636. The van der Waals surface area contributed by atoms with E-state index in [1.54, 1.807) is 6.20 Å². The number of hydrogen-bond donors (Lipinski definition) is 1. The number of pyridine rings is 1. The number of rotatable bonds is 6. The number of hydrogen-bond acceptors (Lipinski definition) is 5. The van der Waals surface area contributed by atoms with E-state index in [1.165, 1.54) is 0 Å². The molecule has 4 rings (SSSR count). The van der Waals surface area contributed by atoms with E-state index in [-0.39, 0.29) is 5.04 Å². The smallest absolute Gasteiger partial charge is 0.412 e. The Morgan fingerprint density at radius 3 is 2.37 bits per heavy atom. The van der Waals surface area contributed by atoms with E-state index in [1.807, 2.05) is 86.1 Å². The predicted molar refractivity (Wildman–Crippen MR) is 156 cm³/mol. The van der Waals surface area contributed by atoms with Crippen molar-refractivity contribution in [1.82, 2.24) is 14.8 Å². The number of carbonyl (C=O) groups excluding carboxylic acids is 1. The first-order valence-corrected chi connectivity index (χ1v) is 15.8. The predicted octanol–water partition coefficient (Wildman–Crippen LogP) is 7.96. The van der Waals surface area contributed by atoms with Gasteiger partial charge in [-0.2, -0.15) is 5.10 Å². The van der Waals surface area contributed by atoms with Gasteiger partial charge in [0.15, 0.2) is 8.32 Å². The molecule has 8 heteroatoms. The molecule has 0 saturated carbocycles. The van der Waals surface area contributed by atoms with Crippen molar-refractivity contribution in [2.75, 3.05) is 5.32 Å². The number of carbonyl (C=O) groups is 1. The first-order chi connectivity index (χ1) is 17.7. The monoisotopic (exact) mass is 530 g/mol. The number of anilines is 1. The average molecular weight is 531 g/mol. The van der Waals surface area contributed by atoms with Gasteiger partial charge >= 0.3 is 6.09 Å². The highest BCUT2D eigenvalue weighted by Crippen LogP contribution is 2.38. The molecule has 1 amide bonds. The molecule has 0 aliphatic rings. The summed E-state index contributed by atoms with van der Waals surface area (Å²) in [5, 5.41) is 8.61. The minimum absolute atomic E-state index is 0.104. The van der Waals surface area contributed by atoms with Gasteiger partial charge in [0.05, 0.1) is 34.9 Å². The van der Waals surface area contributed by atoms with Crippen molar-refractivity contribution in [3.05, 3.63) is 72.6 Å². The molecule has 0 aliphatic heterocycles. The largest absolute Gasteiger partial charge is 0.444 e. The van der Waals surface area contributed by atoms with Gasteiger partial charge in [0.25, 0.3) is 0 Å². The molecule has 4 aromatic rings. The molecule has 0 fully saturated rings. The van der Waals surface area contributed by atoms with E-state index in [4.69, 9.17) is 14.1 Å². The number of benzene rings is 2. The molecule has 0 aliphatic carbocycles. The van der Waals surface area contributed by atoms with Crippen LogP contribution in [-0.2, 0) is 15.8 Å². The van der Waals surface area contributed by atoms with Crippen LogP contribution in [0.1, 0.15) is 47.2 Å². The number of amides is 1. The Bertz CT molecular complexity index is 1450. The van der Waals surface area contributed by atoms with Crippen LogP contribution in [0.25, 0.3) is 27.8 Å². The molecule has 2 aromatic carbocycles. The number of nitrogens with one attached hydrogen (secondary N) is 1. The van der Waals surface area contributed by atoms with Crippen molar-refractivity contribution < 1.29 is 14.0 Å². The zero-order valence-corrected chi connectivity index (χ0v) is 24.6. The fourth-order valence-corrected chi connectivity index (χ4v) is 4.76. The highest BCUT2D eigenvalue weighted by molar-refractivity contribution is 6.74. The van der Waals surface area contributed by atoms with Crippen molar-refractivity contribution in [2.45, 2.75) is 71.9 Å². The first-order valence-electron chi connectivity index (χ1n) is 12.9. The summed E-state index contributed by atoms with van der Waals surface area (Å²) >= 11 is 0. The van der Waals surface area contributed by atoms with Gasteiger partial charge < -0.3 is 9.16 Å². The van der Waals surface area contributed by atoms with Gasteiger partial charge in [-0.15, -0.1) is 0 Å². The third kappa shape index (κ3) is 6.14. The van der Waals surface area contributed by atoms with Crippen molar-refractivity contribution in [3.63, 3.8) is 0 Å². The first kappa shape index (κ1) is 27.5. The second kappa shape index (κ2) is 10.3. The van der Waals surface area contributed by atoms with Crippen LogP contribution in [0.3, 0.4) is 0 Å². The average Bonchev–Trinajstić information content (AvgIpc) is 3.29. The standard InChI is InChI=1S/C30H38N4O3Si/c1-29(2,3)37-28(35)33-25-19-21-13-9-11-15-24(21)32-27(25)23-14-10-12-16-26(23)34-22(17-18-31-34)20-36-38(7,8)30(4,5)6/h9-19H,20H2,1-8H3,(H,33,35). The Morgan fingerprint density at radius 2 is 1.66 bits per heavy atom. The third-order valence-electron chi connectivity index (χ3n) is 6.86. The van der Waals surface area contributed by atoms with E-state index >= 15 is 0 Å². The Labute approximate surface area is 226 Å². The Morgan fingerprint density at radius 1 is 0.974 bits per heavy atom. The fourth-order valence-electron chi connectivity index (χ4n) is 3.82. The summed E-state index contributed by atoms with van der Waals surface area (Å²) in [6, 6.07) is 19.7. The summed E-state index contributed by atoms with van der Waals surface area (Å²) in [6.45, 7) is 17.2. The highest BCUT2D eigenvalue weighted by Gasteiger charge is 2.37. The van der Waals surface area contributed by atoms with Crippen LogP contribution in [0.15, 0.2) is 66.9 Å². The molecule has 38 heavy (non-hydrogen) atoms. The van der Waals surface area contributed by atoms with Gasteiger partial charge in [-0.05, 0) is 63.2 Å². The second-order valence-corrected chi connectivity index (χ2v) is 16.8. The van der Waals surface area contributed by atoms with Crippen molar-refractivity contribution >= 4 is 31.0 Å². The molecule has 1 N–H and O–H groups in total. The third-order valence-corrected chi connectivity index (χ3v) is 11.3. The Hall–Kier alpha value is -3.49. The molecule has 200 valence electrons. The topological polar surface area (TPSA) is 78.3 Å². The van der Waals surface area contributed by atoms with Crippen LogP contribution in [0.5, 0.6) is 0 Å². The van der Waals surface area contributed by atoms with E-state index in [9.17, 15) is 4.79 Å². The zero-order chi connectivity index (χ0) is 27.7. The molecule has 2 aromatic heterocycles. The van der Waals surface area contributed by atoms with Crippen LogP contribution in [0, 0.1) is 0 Å². The highest BCUT2D eigenvalue weighted by atomic mass is 28.4. The Kier molecular flexibility index (Phi) is 7.50. The van der Waals surface area contributed by atoms with Crippen molar-refractivity contribution in [2.24, 2.45) is 0 Å². The van der Waals surface area contributed by atoms with Gasteiger partial charge in [-0.25, -0.2) is 14.5 Å². The van der Waals surface area contributed by atoms with Crippen LogP contribution in [0.4, 0.5) is 10.5 Å². The van der Waals surface area contributed by atoms with Gasteiger partial charge in [0.1, 0.15) is 5.60 Å². The lowest BCUT2D eigenvalue weighted by atomic mass is 10.0. The molecule has 0 atom stereocenters. The molecule has 0 unspecified atom stereocenters. The number of fused-ring (bicyclic) bond motifs is 1.